The predicted octanol–water partition coefficient (Wildman–Crippen LogP) is 3.18. The Morgan fingerprint density at radius 2 is 2.21 bits per heavy atom. The first-order valence-corrected chi connectivity index (χ1v) is 6.95. The third-order valence-electron chi connectivity index (χ3n) is 3.16. The van der Waals surface area contributed by atoms with Crippen molar-refractivity contribution in [1.29, 1.82) is 0 Å². The molecule has 2 amide bonds. The van der Waals surface area contributed by atoms with Gasteiger partial charge in [0, 0.05) is 13.0 Å². The minimum Gasteiger partial charge on any atom is -0.277 e. The molecular weight excluding hydrogens is 287 g/mol. The fourth-order valence-corrected chi connectivity index (χ4v) is 2.61. The van der Waals surface area contributed by atoms with E-state index in [2.05, 4.69) is 11.9 Å². The van der Waals surface area contributed by atoms with Crippen molar-refractivity contribution in [2.45, 2.75) is 26.2 Å². The van der Waals surface area contributed by atoms with Gasteiger partial charge in [0.25, 0.3) is 5.91 Å². The molecule has 6 heteroatoms. The van der Waals surface area contributed by atoms with Crippen LogP contribution < -0.4 is 0 Å². The molecule has 4 nitrogen and oxygen atoms in total. The van der Waals surface area contributed by atoms with Crippen molar-refractivity contribution in [3.8, 4) is 0 Å². The van der Waals surface area contributed by atoms with Gasteiger partial charge in [0.1, 0.15) is 10.8 Å². The topological polar surface area (TPSA) is 50.3 Å². The van der Waals surface area contributed by atoms with Crippen molar-refractivity contribution < 1.29 is 9.59 Å². The lowest BCUT2D eigenvalue weighted by Crippen LogP contribution is -2.33. The Balaban J connectivity index is 2.20. The standard InChI is InChI=1S/C13H14Cl2N2O2/c1-2-3-8-6-11(18)17(7-8)13(19)12-9(14)4-5-10(15)16-12/h4-5,8H,2-3,6-7H2,1H3. The zero-order valence-electron chi connectivity index (χ0n) is 10.5. The Labute approximate surface area is 121 Å². The highest BCUT2D eigenvalue weighted by atomic mass is 35.5. The first-order valence-electron chi connectivity index (χ1n) is 6.19. The summed E-state index contributed by atoms with van der Waals surface area (Å²) in [5.74, 6) is -0.392. The van der Waals surface area contributed by atoms with E-state index >= 15 is 0 Å². The van der Waals surface area contributed by atoms with Crippen LogP contribution in [0.25, 0.3) is 0 Å². The van der Waals surface area contributed by atoms with Gasteiger partial charge >= 0.3 is 0 Å². The number of hydrogen-bond acceptors (Lipinski definition) is 3. The van der Waals surface area contributed by atoms with Crippen LogP contribution in [-0.2, 0) is 4.79 Å². The number of pyridine rings is 1. The number of aromatic nitrogens is 1. The van der Waals surface area contributed by atoms with Crippen LogP contribution >= 0.6 is 23.2 Å². The molecule has 0 spiro atoms. The molecule has 0 aliphatic carbocycles. The van der Waals surface area contributed by atoms with E-state index in [4.69, 9.17) is 23.2 Å². The monoisotopic (exact) mass is 300 g/mol. The van der Waals surface area contributed by atoms with Crippen LogP contribution in [0, 0.1) is 5.92 Å². The van der Waals surface area contributed by atoms with Gasteiger partial charge in [-0.05, 0) is 24.5 Å². The fourth-order valence-electron chi connectivity index (χ4n) is 2.28. The van der Waals surface area contributed by atoms with Gasteiger partial charge in [-0.25, -0.2) is 4.98 Å². The van der Waals surface area contributed by atoms with Crippen molar-refractivity contribution in [2.75, 3.05) is 6.54 Å². The van der Waals surface area contributed by atoms with E-state index in [-0.39, 0.29) is 27.7 Å². The summed E-state index contributed by atoms with van der Waals surface area (Å²) in [6.07, 6.45) is 2.35. The second-order valence-corrected chi connectivity index (χ2v) is 5.43. The largest absolute Gasteiger partial charge is 0.280 e. The lowest BCUT2D eigenvalue weighted by atomic mass is 10.0. The van der Waals surface area contributed by atoms with Gasteiger partial charge in [0.15, 0.2) is 0 Å². The smallest absolute Gasteiger partial charge is 0.277 e. The summed E-state index contributed by atoms with van der Waals surface area (Å²) >= 11 is 11.7. The van der Waals surface area contributed by atoms with Crippen molar-refractivity contribution in [2.24, 2.45) is 5.92 Å². The van der Waals surface area contributed by atoms with Gasteiger partial charge in [-0.1, -0.05) is 36.5 Å². The Morgan fingerprint density at radius 1 is 1.47 bits per heavy atom. The quantitative estimate of drug-likeness (QED) is 0.636. The first kappa shape index (κ1) is 14.3. The summed E-state index contributed by atoms with van der Waals surface area (Å²) in [5.41, 5.74) is 0.0414. The normalized spacial score (nSPS) is 19.0. The van der Waals surface area contributed by atoms with E-state index in [1.807, 2.05) is 0 Å². The minimum atomic E-state index is -0.462. The second kappa shape index (κ2) is 5.88. The maximum absolute atomic E-state index is 12.3. The summed E-state index contributed by atoms with van der Waals surface area (Å²) in [4.78, 5) is 29.3. The number of hydrogen-bond donors (Lipinski definition) is 0. The van der Waals surface area contributed by atoms with Crippen molar-refractivity contribution in [3.05, 3.63) is 28.0 Å². The molecule has 1 unspecified atom stereocenters. The number of amides is 2. The SMILES string of the molecule is CCCC1CC(=O)N(C(=O)c2nc(Cl)ccc2Cl)C1. The number of carbonyl (C=O) groups excluding carboxylic acids is 2. The number of carbonyl (C=O) groups is 2. The number of likely N-dealkylation sites (tertiary alicyclic amines) is 1. The van der Waals surface area contributed by atoms with Crippen LogP contribution in [0.3, 0.4) is 0 Å². The first-order chi connectivity index (χ1) is 9.02. The summed E-state index contributed by atoms with van der Waals surface area (Å²) in [5, 5.41) is 0.394. The molecule has 2 rings (SSSR count). The van der Waals surface area contributed by atoms with Crippen LogP contribution in [0.2, 0.25) is 10.2 Å². The van der Waals surface area contributed by atoms with Crippen molar-refractivity contribution >= 4 is 35.0 Å². The van der Waals surface area contributed by atoms with E-state index in [9.17, 15) is 9.59 Å². The van der Waals surface area contributed by atoms with Gasteiger partial charge in [0.2, 0.25) is 5.91 Å². The zero-order chi connectivity index (χ0) is 14.0. The molecule has 1 aromatic rings. The molecular formula is C13H14Cl2N2O2. The molecule has 1 saturated heterocycles. The molecule has 0 bridgehead atoms. The molecule has 0 N–H and O–H groups in total. The zero-order valence-corrected chi connectivity index (χ0v) is 12.0. The van der Waals surface area contributed by atoms with Crippen LogP contribution in [-0.4, -0.2) is 28.2 Å². The summed E-state index contributed by atoms with van der Waals surface area (Å²) in [7, 11) is 0. The second-order valence-electron chi connectivity index (χ2n) is 4.63. The highest BCUT2D eigenvalue weighted by Gasteiger charge is 2.35. The van der Waals surface area contributed by atoms with Gasteiger partial charge in [-0.15, -0.1) is 0 Å². The van der Waals surface area contributed by atoms with Crippen molar-refractivity contribution in [3.63, 3.8) is 0 Å². The molecule has 0 radical (unpaired) electrons. The predicted molar refractivity (Wildman–Crippen MR) is 73.3 cm³/mol. The molecule has 0 aromatic carbocycles. The van der Waals surface area contributed by atoms with E-state index in [0.29, 0.717) is 13.0 Å². The maximum Gasteiger partial charge on any atom is 0.280 e. The molecule has 0 saturated carbocycles. The average molecular weight is 301 g/mol. The number of nitrogens with zero attached hydrogens (tertiary/aromatic N) is 2. The average Bonchev–Trinajstić information content (AvgIpc) is 2.73. The van der Waals surface area contributed by atoms with E-state index in [1.54, 1.807) is 0 Å². The third-order valence-corrected chi connectivity index (χ3v) is 3.68. The number of rotatable bonds is 3. The lowest BCUT2D eigenvalue weighted by molar-refractivity contribution is -0.125. The molecule has 1 aliphatic heterocycles. The molecule has 19 heavy (non-hydrogen) atoms. The molecule has 102 valence electrons. The van der Waals surface area contributed by atoms with Gasteiger partial charge < -0.3 is 0 Å². The van der Waals surface area contributed by atoms with Crippen LogP contribution in [0.4, 0.5) is 0 Å². The van der Waals surface area contributed by atoms with E-state index in [1.165, 1.54) is 17.0 Å². The van der Waals surface area contributed by atoms with E-state index < -0.39 is 5.91 Å². The Kier molecular flexibility index (Phi) is 4.42. The summed E-state index contributed by atoms with van der Waals surface area (Å²) < 4.78 is 0. The molecule has 1 atom stereocenters. The van der Waals surface area contributed by atoms with Gasteiger partial charge in [-0.3, -0.25) is 14.5 Å². The molecule has 1 aromatic heterocycles. The summed E-state index contributed by atoms with van der Waals surface area (Å²) in [6.45, 7) is 2.50. The van der Waals surface area contributed by atoms with Crippen LogP contribution in [0.5, 0.6) is 0 Å². The lowest BCUT2D eigenvalue weighted by Gasteiger charge is -2.15. The number of imide groups is 1. The third kappa shape index (κ3) is 3.07. The van der Waals surface area contributed by atoms with Crippen molar-refractivity contribution in [1.82, 2.24) is 9.88 Å². The Hall–Kier alpha value is -1.13. The Bertz CT molecular complexity index is 519. The number of halogens is 2. The summed E-state index contributed by atoms with van der Waals surface area (Å²) in [6, 6.07) is 3.01. The Morgan fingerprint density at radius 3 is 2.89 bits per heavy atom. The molecule has 1 aliphatic rings. The van der Waals surface area contributed by atoms with Crippen LogP contribution in [0.1, 0.15) is 36.7 Å². The van der Waals surface area contributed by atoms with Gasteiger partial charge in [0.05, 0.1) is 5.02 Å². The highest BCUT2D eigenvalue weighted by molar-refractivity contribution is 6.35. The molecule has 1 fully saturated rings. The minimum absolute atomic E-state index is 0.0414. The highest BCUT2D eigenvalue weighted by Crippen LogP contribution is 2.26. The maximum atomic E-state index is 12.3. The van der Waals surface area contributed by atoms with E-state index in [0.717, 1.165) is 12.8 Å². The fraction of sp³-hybridized carbons (Fsp3) is 0.462. The van der Waals surface area contributed by atoms with Gasteiger partial charge in [-0.2, -0.15) is 0 Å². The molecule has 2 heterocycles. The van der Waals surface area contributed by atoms with Crippen LogP contribution in [0.15, 0.2) is 12.1 Å².